The van der Waals surface area contributed by atoms with Crippen LogP contribution in [0.25, 0.3) is 0 Å². The fourth-order valence-electron chi connectivity index (χ4n) is 1.59. The lowest BCUT2D eigenvalue weighted by Gasteiger charge is -2.21. The summed E-state index contributed by atoms with van der Waals surface area (Å²) in [6, 6.07) is 7.44. The van der Waals surface area contributed by atoms with Gasteiger partial charge in [0.1, 0.15) is 0 Å². The molecule has 1 amide bonds. The molecule has 1 aromatic rings. The van der Waals surface area contributed by atoms with Crippen LogP contribution in [-0.4, -0.2) is 25.0 Å². The predicted octanol–water partition coefficient (Wildman–Crippen LogP) is 1.91. The molecule has 0 bridgehead atoms. The first-order valence-electron chi connectivity index (χ1n) is 5.66. The molecule has 0 saturated heterocycles. The number of hydrogen-bond acceptors (Lipinski definition) is 3. The number of anilines is 1. The zero-order valence-electron chi connectivity index (χ0n) is 10.4. The lowest BCUT2D eigenvalue weighted by Crippen LogP contribution is -2.38. The van der Waals surface area contributed by atoms with Gasteiger partial charge in [-0.25, -0.2) is 4.79 Å². The molecule has 0 radical (unpaired) electrons. The first kappa shape index (κ1) is 13.2. The van der Waals surface area contributed by atoms with Gasteiger partial charge < -0.3 is 9.64 Å². The largest absolute Gasteiger partial charge is 0.459 e. The van der Waals surface area contributed by atoms with E-state index in [1.807, 2.05) is 38.1 Å². The Morgan fingerprint density at radius 2 is 1.88 bits per heavy atom. The minimum absolute atomic E-state index is 0.204. The molecule has 4 heteroatoms. The van der Waals surface area contributed by atoms with E-state index in [2.05, 4.69) is 0 Å². The number of amides is 1. The minimum atomic E-state index is -0.808. The Morgan fingerprint density at radius 3 is 2.41 bits per heavy atom. The van der Waals surface area contributed by atoms with Crippen LogP contribution in [0.3, 0.4) is 0 Å². The summed E-state index contributed by atoms with van der Waals surface area (Å²) in [4.78, 5) is 24.7. The van der Waals surface area contributed by atoms with E-state index in [1.54, 1.807) is 6.92 Å². The van der Waals surface area contributed by atoms with E-state index in [0.717, 1.165) is 11.3 Å². The Labute approximate surface area is 101 Å². The van der Waals surface area contributed by atoms with Crippen molar-refractivity contribution in [1.82, 2.24) is 0 Å². The van der Waals surface area contributed by atoms with Crippen LogP contribution in [-0.2, 0) is 14.3 Å². The number of carbonyl (C=O) groups excluding carboxylic acids is 2. The number of carbonyl (C=O) groups is 2. The quantitative estimate of drug-likeness (QED) is 0.594. The monoisotopic (exact) mass is 235 g/mol. The van der Waals surface area contributed by atoms with Crippen LogP contribution >= 0.6 is 0 Å². The van der Waals surface area contributed by atoms with Gasteiger partial charge in [-0.1, -0.05) is 18.2 Å². The van der Waals surface area contributed by atoms with Crippen LogP contribution < -0.4 is 4.90 Å². The molecule has 0 aliphatic carbocycles. The van der Waals surface area contributed by atoms with E-state index in [1.165, 1.54) is 4.90 Å². The van der Waals surface area contributed by atoms with Gasteiger partial charge in [0.15, 0.2) is 0 Å². The number of rotatable bonds is 3. The molecular formula is C13H17NO3. The number of ether oxygens (including phenoxy) is 1. The molecule has 0 fully saturated rings. The van der Waals surface area contributed by atoms with Crippen molar-refractivity contribution in [3.8, 4) is 0 Å². The average molecular weight is 235 g/mol. The molecule has 0 heterocycles. The molecule has 0 aliphatic rings. The Morgan fingerprint density at radius 1 is 1.24 bits per heavy atom. The molecule has 1 aromatic carbocycles. The smallest absolute Gasteiger partial charge is 0.397 e. The molecule has 1 rings (SSSR count). The highest BCUT2D eigenvalue weighted by Crippen LogP contribution is 2.19. The number of esters is 1. The number of hydrogen-bond donors (Lipinski definition) is 0. The van der Waals surface area contributed by atoms with Gasteiger partial charge in [0.2, 0.25) is 0 Å². The minimum Gasteiger partial charge on any atom is -0.459 e. The first-order chi connectivity index (χ1) is 8.11. The number of para-hydroxylation sites is 1. The van der Waals surface area contributed by atoms with Crippen molar-refractivity contribution in [2.75, 3.05) is 18.1 Å². The molecule has 92 valence electrons. The summed E-state index contributed by atoms with van der Waals surface area (Å²) in [5.41, 5.74) is 1.69. The third kappa shape index (κ3) is 3.06. The molecule has 17 heavy (non-hydrogen) atoms. The maximum absolute atomic E-state index is 11.9. The summed E-state index contributed by atoms with van der Waals surface area (Å²) < 4.78 is 4.72. The van der Waals surface area contributed by atoms with E-state index < -0.39 is 11.9 Å². The molecule has 0 unspecified atom stereocenters. The number of likely N-dealkylation sites (N-methyl/N-ethyl adjacent to an activating group) is 1. The van der Waals surface area contributed by atoms with Crippen molar-refractivity contribution in [3.63, 3.8) is 0 Å². The summed E-state index contributed by atoms with van der Waals surface area (Å²) in [7, 11) is 0. The molecule has 0 aliphatic heterocycles. The third-order valence-electron chi connectivity index (χ3n) is 2.42. The molecule has 4 nitrogen and oxygen atoms in total. The Kier molecular flexibility index (Phi) is 4.69. The predicted molar refractivity (Wildman–Crippen MR) is 65.8 cm³/mol. The standard InChI is InChI=1S/C13H17NO3/c1-4-14(12(15)13(16)17-5-2)11-9-7-6-8-10(11)3/h6-9H,4-5H2,1-3H3. The maximum atomic E-state index is 11.9. The van der Waals surface area contributed by atoms with Crippen LogP contribution in [0.1, 0.15) is 19.4 Å². The van der Waals surface area contributed by atoms with Gasteiger partial charge in [-0.15, -0.1) is 0 Å². The normalized spacial score (nSPS) is 9.82. The van der Waals surface area contributed by atoms with E-state index in [9.17, 15) is 9.59 Å². The summed E-state index contributed by atoms with van der Waals surface area (Å²) in [5.74, 6) is -1.43. The molecule has 0 aromatic heterocycles. The molecular weight excluding hydrogens is 218 g/mol. The van der Waals surface area contributed by atoms with Crippen LogP contribution in [0.15, 0.2) is 24.3 Å². The summed E-state index contributed by atoms with van der Waals surface area (Å²) >= 11 is 0. The lowest BCUT2D eigenvalue weighted by atomic mass is 10.2. The van der Waals surface area contributed by atoms with Gasteiger partial charge in [0.05, 0.1) is 6.61 Å². The van der Waals surface area contributed by atoms with Gasteiger partial charge in [0.25, 0.3) is 0 Å². The van der Waals surface area contributed by atoms with Gasteiger partial charge in [-0.05, 0) is 32.4 Å². The van der Waals surface area contributed by atoms with E-state index in [4.69, 9.17) is 4.74 Å². The highest BCUT2D eigenvalue weighted by molar-refractivity contribution is 6.38. The van der Waals surface area contributed by atoms with Crippen LogP contribution in [0.5, 0.6) is 0 Å². The molecule has 0 spiro atoms. The topological polar surface area (TPSA) is 46.6 Å². The Bertz CT molecular complexity index is 415. The number of aryl methyl sites for hydroxylation is 1. The second kappa shape index (κ2) is 6.03. The van der Waals surface area contributed by atoms with Crippen molar-refractivity contribution in [2.45, 2.75) is 20.8 Å². The second-order valence-corrected chi connectivity index (χ2v) is 3.56. The average Bonchev–Trinajstić information content (AvgIpc) is 2.32. The van der Waals surface area contributed by atoms with Gasteiger partial charge >= 0.3 is 11.9 Å². The highest BCUT2D eigenvalue weighted by Gasteiger charge is 2.23. The van der Waals surface area contributed by atoms with Crippen LogP contribution in [0, 0.1) is 6.92 Å². The lowest BCUT2D eigenvalue weighted by molar-refractivity contribution is -0.153. The van der Waals surface area contributed by atoms with Crippen molar-refractivity contribution < 1.29 is 14.3 Å². The number of nitrogens with zero attached hydrogens (tertiary/aromatic N) is 1. The SMILES string of the molecule is CCOC(=O)C(=O)N(CC)c1ccccc1C. The van der Waals surface area contributed by atoms with E-state index >= 15 is 0 Å². The third-order valence-corrected chi connectivity index (χ3v) is 2.42. The summed E-state index contributed by atoms with van der Waals surface area (Å²) in [5, 5.41) is 0. The Balaban J connectivity index is 2.96. The van der Waals surface area contributed by atoms with Crippen molar-refractivity contribution in [2.24, 2.45) is 0 Å². The van der Waals surface area contributed by atoms with Crippen molar-refractivity contribution in [3.05, 3.63) is 29.8 Å². The van der Waals surface area contributed by atoms with Crippen LogP contribution in [0.2, 0.25) is 0 Å². The molecule has 0 N–H and O–H groups in total. The summed E-state index contributed by atoms with van der Waals surface area (Å²) in [6.45, 7) is 6.04. The van der Waals surface area contributed by atoms with Crippen LogP contribution in [0.4, 0.5) is 5.69 Å². The maximum Gasteiger partial charge on any atom is 0.397 e. The Hall–Kier alpha value is -1.84. The second-order valence-electron chi connectivity index (χ2n) is 3.56. The molecule has 0 atom stereocenters. The fourth-order valence-corrected chi connectivity index (χ4v) is 1.59. The van der Waals surface area contributed by atoms with Crippen molar-refractivity contribution in [1.29, 1.82) is 0 Å². The fraction of sp³-hybridized carbons (Fsp3) is 0.385. The summed E-state index contributed by atoms with van der Waals surface area (Å²) in [6.07, 6.45) is 0. The molecule has 0 saturated carbocycles. The van der Waals surface area contributed by atoms with Gasteiger partial charge in [0, 0.05) is 12.2 Å². The number of benzene rings is 1. The van der Waals surface area contributed by atoms with E-state index in [0.29, 0.717) is 6.54 Å². The zero-order valence-corrected chi connectivity index (χ0v) is 10.4. The zero-order chi connectivity index (χ0) is 12.8. The van der Waals surface area contributed by atoms with Gasteiger partial charge in [-0.2, -0.15) is 0 Å². The van der Waals surface area contributed by atoms with Gasteiger partial charge in [-0.3, -0.25) is 4.79 Å². The first-order valence-corrected chi connectivity index (χ1v) is 5.66. The highest BCUT2D eigenvalue weighted by atomic mass is 16.5. The van der Waals surface area contributed by atoms with Crippen molar-refractivity contribution >= 4 is 17.6 Å². The van der Waals surface area contributed by atoms with E-state index in [-0.39, 0.29) is 6.61 Å².